The van der Waals surface area contributed by atoms with Gasteiger partial charge in [0.05, 0.1) is 10.7 Å². The number of aliphatic carboxylic acids is 1. The summed E-state index contributed by atoms with van der Waals surface area (Å²) in [5, 5.41) is 25.0. The van der Waals surface area contributed by atoms with Gasteiger partial charge < -0.3 is 10.4 Å². The Balaban J connectivity index is 1.49. The molecule has 0 aromatic carbocycles. The molecule has 10 nitrogen and oxygen atoms in total. The molecule has 0 spiro atoms. The van der Waals surface area contributed by atoms with Crippen LogP contribution in [-0.4, -0.2) is 70.7 Å². The van der Waals surface area contributed by atoms with Crippen LogP contribution in [0, 0.1) is 13.8 Å². The largest absolute Gasteiger partial charge is 0.477 e. The van der Waals surface area contributed by atoms with Crippen LogP contribution in [0.4, 0.5) is 0 Å². The quantitative estimate of drug-likeness (QED) is 0.449. The van der Waals surface area contributed by atoms with Crippen LogP contribution in [0.3, 0.4) is 0 Å². The molecule has 4 heterocycles. The minimum Gasteiger partial charge on any atom is -0.477 e. The maximum Gasteiger partial charge on any atom is 0.352 e. The van der Waals surface area contributed by atoms with E-state index in [1.54, 1.807) is 14.0 Å². The molecule has 1 saturated heterocycles. The number of rotatable bonds is 6. The average molecular weight is 501 g/mol. The molecule has 164 valence electrons. The first-order valence-corrected chi connectivity index (χ1v) is 12.2. The third kappa shape index (κ3) is 3.95. The van der Waals surface area contributed by atoms with Crippen molar-refractivity contribution in [1.82, 2.24) is 30.2 Å². The number of carbonyl (C=O) groups excluding carboxylic acids is 2. The van der Waals surface area contributed by atoms with Crippen molar-refractivity contribution in [2.75, 3.05) is 11.5 Å². The summed E-state index contributed by atoms with van der Waals surface area (Å²) >= 11 is 10.4. The molecule has 2 aromatic rings. The smallest absolute Gasteiger partial charge is 0.352 e. The standard InChI is InChI=1S/C17H17ClN6O4S3/c1-6-9(18)10(22-23(6)3)13(25)19-11-14(26)24-12(16(27)28)8(4-29-15(11)24)5-30-17-21-20-7(2)31-17/h11,15H,4-5H2,1-3H3,(H,19,25)(H,27,28). The van der Waals surface area contributed by atoms with Gasteiger partial charge in [-0.25, -0.2) is 4.79 Å². The molecule has 2 atom stereocenters. The summed E-state index contributed by atoms with van der Waals surface area (Å²) in [6.45, 7) is 3.57. The van der Waals surface area contributed by atoms with Gasteiger partial charge in [0.15, 0.2) is 10.0 Å². The molecule has 2 aliphatic rings. The molecule has 2 aliphatic heterocycles. The maximum atomic E-state index is 12.8. The van der Waals surface area contributed by atoms with E-state index >= 15 is 0 Å². The summed E-state index contributed by atoms with van der Waals surface area (Å²) in [5.74, 6) is -1.39. The summed E-state index contributed by atoms with van der Waals surface area (Å²) in [4.78, 5) is 38.6. The predicted octanol–water partition coefficient (Wildman–Crippen LogP) is 1.69. The highest BCUT2D eigenvalue weighted by Gasteiger charge is 2.54. The van der Waals surface area contributed by atoms with Gasteiger partial charge in [0.1, 0.15) is 22.1 Å². The van der Waals surface area contributed by atoms with Gasteiger partial charge in [-0.2, -0.15) is 5.10 Å². The van der Waals surface area contributed by atoms with Crippen LogP contribution in [0.5, 0.6) is 0 Å². The number of aryl methyl sites for hydroxylation is 2. The number of aromatic nitrogens is 4. The Morgan fingerprint density at radius 2 is 2.10 bits per heavy atom. The lowest BCUT2D eigenvalue weighted by Crippen LogP contribution is -2.70. The molecule has 31 heavy (non-hydrogen) atoms. The Labute approximate surface area is 194 Å². The van der Waals surface area contributed by atoms with E-state index in [1.807, 2.05) is 6.92 Å². The van der Waals surface area contributed by atoms with E-state index in [-0.39, 0.29) is 16.4 Å². The van der Waals surface area contributed by atoms with Crippen LogP contribution in [-0.2, 0) is 16.6 Å². The fourth-order valence-electron chi connectivity index (χ4n) is 3.22. The highest BCUT2D eigenvalue weighted by molar-refractivity contribution is 8.01. The Bertz CT molecular complexity index is 1130. The number of nitrogens with one attached hydrogen (secondary N) is 1. The Morgan fingerprint density at radius 3 is 2.68 bits per heavy atom. The molecule has 2 amide bonds. The second-order valence-electron chi connectivity index (χ2n) is 6.87. The molecule has 0 bridgehead atoms. The minimum absolute atomic E-state index is 0.0281. The van der Waals surface area contributed by atoms with Gasteiger partial charge in [0.25, 0.3) is 11.8 Å². The number of amides is 2. The van der Waals surface area contributed by atoms with Crippen molar-refractivity contribution in [3.8, 4) is 0 Å². The van der Waals surface area contributed by atoms with Gasteiger partial charge in [-0.3, -0.25) is 19.2 Å². The fraction of sp³-hybridized carbons (Fsp3) is 0.412. The van der Waals surface area contributed by atoms with E-state index in [1.165, 1.54) is 44.4 Å². The Kier molecular flexibility index (Phi) is 6.03. The molecular formula is C17H17ClN6O4S3. The molecule has 1 fully saturated rings. The van der Waals surface area contributed by atoms with E-state index in [0.717, 1.165) is 9.35 Å². The predicted molar refractivity (Wildman–Crippen MR) is 117 cm³/mol. The summed E-state index contributed by atoms with van der Waals surface area (Å²) < 4.78 is 2.22. The number of hydrogen-bond acceptors (Lipinski definition) is 9. The maximum absolute atomic E-state index is 12.8. The molecular weight excluding hydrogens is 484 g/mol. The van der Waals surface area contributed by atoms with Crippen LogP contribution in [0.2, 0.25) is 5.02 Å². The SMILES string of the molecule is Cc1nnc(SCC2=C(C(=O)O)N3C(=O)C(NC(=O)c4nn(C)c(C)c4Cl)C3SC2)s1. The van der Waals surface area contributed by atoms with Crippen LogP contribution in [0.15, 0.2) is 15.6 Å². The van der Waals surface area contributed by atoms with E-state index in [4.69, 9.17) is 11.6 Å². The van der Waals surface area contributed by atoms with Crippen LogP contribution >= 0.6 is 46.5 Å². The zero-order valence-electron chi connectivity index (χ0n) is 16.6. The van der Waals surface area contributed by atoms with E-state index in [2.05, 4.69) is 20.6 Å². The third-order valence-corrected chi connectivity index (χ3v) is 8.74. The number of fused-ring (bicyclic) bond motifs is 1. The monoisotopic (exact) mass is 500 g/mol. The van der Waals surface area contributed by atoms with Crippen LogP contribution < -0.4 is 5.32 Å². The highest BCUT2D eigenvalue weighted by Crippen LogP contribution is 2.42. The second-order valence-corrected chi connectivity index (χ2v) is 10.8. The number of nitrogens with zero attached hydrogens (tertiary/aromatic N) is 5. The minimum atomic E-state index is -1.17. The summed E-state index contributed by atoms with van der Waals surface area (Å²) in [6, 6.07) is -0.842. The first-order valence-electron chi connectivity index (χ1n) is 9.02. The summed E-state index contributed by atoms with van der Waals surface area (Å²) in [7, 11) is 1.66. The van der Waals surface area contributed by atoms with Crippen molar-refractivity contribution < 1.29 is 19.5 Å². The molecule has 4 rings (SSSR count). The molecule has 0 aliphatic carbocycles. The molecule has 2 unspecified atom stereocenters. The molecule has 0 radical (unpaired) electrons. The number of thioether (sulfide) groups is 2. The normalized spacial score (nSPS) is 20.5. The lowest BCUT2D eigenvalue weighted by Gasteiger charge is -2.49. The van der Waals surface area contributed by atoms with Crippen LogP contribution in [0.25, 0.3) is 0 Å². The van der Waals surface area contributed by atoms with Gasteiger partial charge in [-0.1, -0.05) is 34.7 Å². The molecule has 0 saturated carbocycles. The fourth-order valence-corrected chi connectivity index (χ4v) is 6.76. The number of β-lactam (4-membered cyclic amide) rings is 1. The Morgan fingerprint density at radius 1 is 1.35 bits per heavy atom. The van der Waals surface area contributed by atoms with Crippen molar-refractivity contribution >= 4 is 64.2 Å². The number of carboxylic acids is 1. The zero-order valence-corrected chi connectivity index (χ0v) is 19.8. The average Bonchev–Trinajstić information content (AvgIpc) is 3.27. The first-order chi connectivity index (χ1) is 14.7. The van der Waals surface area contributed by atoms with Gasteiger partial charge in [0.2, 0.25) is 0 Å². The second kappa shape index (κ2) is 8.45. The van der Waals surface area contributed by atoms with Crippen molar-refractivity contribution in [1.29, 1.82) is 0 Å². The van der Waals surface area contributed by atoms with Crippen molar-refractivity contribution in [2.24, 2.45) is 7.05 Å². The van der Waals surface area contributed by atoms with Crippen molar-refractivity contribution in [3.63, 3.8) is 0 Å². The summed E-state index contributed by atoms with van der Waals surface area (Å²) in [6.07, 6.45) is 0. The van der Waals surface area contributed by atoms with Crippen molar-refractivity contribution in [3.05, 3.63) is 32.7 Å². The number of hydrogen-bond donors (Lipinski definition) is 2. The molecule has 14 heteroatoms. The van der Waals surface area contributed by atoms with E-state index in [0.29, 0.717) is 22.8 Å². The lowest BCUT2D eigenvalue weighted by molar-refractivity contribution is -0.148. The highest BCUT2D eigenvalue weighted by atomic mass is 35.5. The van der Waals surface area contributed by atoms with E-state index < -0.39 is 29.2 Å². The van der Waals surface area contributed by atoms with E-state index in [9.17, 15) is 19.5 Å². The van der Waals surface area contributed by atoms with Gasteiger partial charge in [-0.05, 0) is 19.4 Å². The number of carboxylic acid groups (broad SMARTS) is 1. The first kappa shape index (κ1) is 22.1. The Hall–Kier alpha value is -2.09. The van der Waals surface area contributed by atoms with Gasteiger partial charge in [0, 0.05) is 18.6 Å². The molecule has 2 aromatic heterocycles. The zero-order chi connectivity index (χ0) is 22.4. The van der Waals surface area contributed by atoms with Gasteiger partial charge in [-0.15, -0.1) is 22.0 Å². The number of halogens is 1. The third-order valence-electron chi connectivity index (χ3n) is 4.89. The summed E-state index contributed by atoms with van der Waals surface area (Å²) in [5.41, 5.74) is 1.27. The number of carbonyl (C=O) groups is 3. The molecule has 2 N–H and O–H groups in total. The van der Waals surface area contributed by atoms with Crippen LogP contribution in [0.1, 0.15) is 21.2 Å². The van der Waals surface area contributed by atoms with Crippen molar-refractivity contribution in [2.45, 2.75) is 29.6 Å². The topological polar surface area (TPSA) is 130 Å². The lowest BCUT2D eigenvalue weighted by atomic mass is 10.0. The van der Waals surface area contributed by atoms with Gasteiger partial charge >= 0.3 is 5.97 Å².